The molecule has 0 spiro atoms. The molecule has 3 aromatic rings. The summed E-state index contributed by atoms with van der Waals surface area (Å²) in [7, 11) is 0. The number of rotatable bonds is 9. The fourth-order valence-electron chi connectivity index (χ4n) is 3.34. The maximum atomic E-state index is 5.63. The van der Waals surface area contributed by atoms with Gasteiger partial charge in [-0.25, -0.2) is 0 Å². The van der Waals surface area contributed by atoms with E-state index < -0.39 is 0 Å². The van der Waals surface area contributed by atoms with Gasteiger partial charge in [-0.1, -0.05) is 106 Å². The maximum Gasteiger partial charge on any atom is 0.142 e. The van der Waals surface area contributed by atoms with Crippen LogP contribution >= 0.6 is 0 Å². The van der Waals surface area contributed by atoms with E-state index in [0.717, 1.165) is 34.5 Å². The minimum atomic E-state index is 0.388. The molecule has 0 heterocycles. The van der Waals surface area contributed by atoms with Crippen LogP contribution in [0.15, 0.2) is 106 Å². The lowest BCUT2D eigenvalue weighted by Gasteiger charge is -2.17. The van der Waals surface area contributed by atoms with E-state index in [0.29, 0.717) is 38.4 Å². The van der Waals surface area contributed by atoms with Crippen molar-refractivity contribution in [3.63, 3.8) is 0 Å². The lowest BCUT2D eigenvalue weighted by Crippen LogP contribution is -2.26. The Kier molecular flexibility index (Phi) is 8.23. The summed E-state index contributed by atoms with van der Waals surface area (Å²) in [6, 6.07) is 29.9. The van der Waals surface area contributed by atoms with Crippen molar-refractivity contribution in [2.24, 2.45) is 15.5 Å². The number of hydrogen-bond donors (Lipinski definition) is 0. The first-order valence-electron chi connectivity index (χ1n) is 11.0. The van der Waals surface area contributed by atoms with Crippen molar-refractivity contribution in [2.45, 2.75) is 39.1 Å². The molecule has 168 valence electrons. The maximum absolute atomic E-state index is 5.63. The Hall–Kier alpha value is -3.93. The van der Waals surface area contributed by atoms with Gasteiger partial charge in [-0.15, -0.1) is 0 Å². The van der Waals surface area contributed by atoms with E-state index >= 15 is 0 Å². The molecule has 1 fully saturated rings. The van der Waals surface area contributed by atoms with E-state index in [1.54, 1.807) is 0 Å². The number of nitrogens with zero attached hydrogens (tertiary/aromatic N) is 3. The first-order valence-corrected chi connectivity index (χ1v) is 11.0. The molecular formula is C27H27N3O3. The van der Waals surface area contributed by atoms with E-state index in [1.165, 1.54) is 0 Å². The fourth-order valence-corrected chi connectivity index (χ4v) is 3.34. The van der Waals surface area contributed by atoms with Crippen molar-refractivity contribution in [2.75, 3.05) is 0 Å². The number of hydrogen-bond acceptors (Lipinski definition) is 6. The van der Waals surface area contributed by atoms with Crippen molar-refractivity contribution >= 4 is 17.1 Å². The summed E-state index contributed by atoms with van der Waals surface area (Å²) in [5.41, 5.74) is 5.60. The molecule has 6 heteroatoms. The zero-order chi connectivity index (χ0) is 22.6. The molecule has 1 aliphatic carbocycles. The lowest BCUT2D eigenvalue weighted by atomic mass is 9.95. The highest BCUT2D eigenvalue weighted by atomic mass is 16.6. The molecule has 0 aliphatic heterocycles. The third-order valence-electron chi connectivity index (χ3n) is 5.12. The molecule has 1 aliphatic rings. The van der Waals surface area contributed by atoms with Crippen LogP contribution in [0.3, 0.4) is 0 Å². The third kappa shape index (κ3) is 7.31. The molecule has 0 unspecified atom stereocenters. The summed E-state index contributed by atoms with van der Waals surface area (Å²) >= 11 is 0. The summed E-state index contributed by atoms with van der Waals surface area (Å²) in [5, 5.41) is 13.1. The minimum Gasteiger partial charge on any atom is -0.391 e. The number of oxime groups is 3. The van der Waals surface area contributed by atoms with Gasteiger partial charge in [0.1, 0.15) is 31.2 Å². The number of benzene rings is 3. The highest BCUT2D eigenvalue weighted by Crippen LogP contribution is 2.15. The van der Waals surface area contributed by atoms with Crippen LogP contribution in [0, 0.1) is 0 Å². The van der Waals surface area contributed by atoms with Gasteiger partial charge >= 0.3 is 0 Å². The molecule has 1 saturated carbocycles. The van der Waals surface area contributed by atoms with Crippen LogP contribution in [0.4, 0.5) is 0 Å². The molecule has 3 aromatic carbocycles. The monoisotopic (exact) mass is 441 g/mol. The van der Waals surface area contributed by atoms with Gasteiger partial charge in [0, 0.05) is 12.8 Å². The second kappa shape index (κ2) is 12.2. The predicted octanol–water partition coefficient (Wildman–Crippen LogP) is 5.89. The van der Waals surface area contributed by atoms with E-state index in [2.05, 4.69) is 15.5 Å². The summed E-state index contributed by atoms with van der Waals surface area (Å²) in [5.74, 6) is 0. The van der Waals surface area contributed by atoms with Gasteiger partial charge in [-0.05, 0) is 23.1 Å². The second-order valence-electron chi connectivity index (χ2n) is 7.69. The van der Waals surface area contributed by atoms with Crippen LogP contribution in [-0.4, -0.2) is 17.1 Å². The van der Waals surface area contributed by atoms with Crippen molar-refractivity contribution in [3.05, 3.63) is 108 Å². The first-order chi connectivity index (χ1) is 16.4. The van der Waals surface area contributed by atoms with Gasteiger partial charge in [0.05, 0.1) is 5.71 Å². The largest absolute Gasteiger partial charge is 0.391 e. The third-order valence-corrected chi connectivity index (χ3v) is 5.12. The first kappa shape index (κ1) is 22.3. The van der Waals surface area contributed by atoms with Crippen LogP contribution in [-0.2, 0) is 34.3 Å². The Morgan fingerprint density at radius 2 is 0.909 bits per heavy atom. The van der Waals surface area contributed by atoms with E-state index in [-0.39, 0.29) is 0 Å². The Labute approximate surface area is 194 Å². The topological polar surface area (TPSA) is 64.8 Å². The minimum absolute atomic E-state index is 0.388. The molecule has 0 amide bonds. The second-order valence-corrected chi connectivity index (χ2v) is 7.69. The van der Waals surface area contributed by atoms with Gasteiger partial charge < -0.3 is 14.5 Å². The fraction of sp³-hybridized carbons (Fsp3) is 0.222. The molecule has 0 bridgehead atoms. The van der Waals surface area contributed by atoms with Crippen molar-refractivity contribution < 1.29 is 14.5 Å². The normalized spacial score (nSPS) is 17.3. The van der Waals surface area contributed by atoms with Crippen LogP contribution in [0.1, 0.15) is 36.0 Å². The Bertz CT molecular complexity index is 1080. The lowest BCUT2D eigenvalue weighted by molar-refractivity contribution is 0.125. The standard InChI is InChI=1S/C27H27N3O3/c1-4-10-22(11-5-1)19-31-28-25-16-17-26(29-32-20-23-12-6-2-7-13-23)27(18-25)30-33-21-24-14-8-3-9-15-24/h1-15H,16-21H2. The van der Waals surface area contributed by atoms with Gasteiger partial charge in [0.15, 0.2) is 0 Å². The molecule has 0 saturated heterocycles. The van der Waals surface area contributed by atoms with E-state index in [1.807, 2.05) is 91.0 Å². The van der Waals surface area contributed by atoms with Crippen LogP contribution in [0.5, 0.6) is 0 Å². The van der Waals surface area contributed by atoms with E-state index in [4.69, 9.17) is 14.5 Å². The molecule has 33 heavy (non-hydrogen) atoms. The highest BCUT2D eigenvalue weighted by molar-refractivity contribution is 6.47. The van der Waals surface area contributed by atoms with Gasteiger partial charge in [-0.2, -0.15) is 0 Å². The molecule has 0 aromatic heterocycles. The molecular weight excluding hydrogens is 414 g/mol. The Morgan fingerprint density at radius 1 is 0.485 bits per heavy atom. The quantitative estimate of drug-likeness (QED) is 0.389. The Morgan fingerprint density at radius 3 is 1.39 bits per heavy atom. The summed E-state index contributed by atoms with van der Waals surface area (Å²) in [4.78, 5) is 16.8. The van der Waals surface area contributed by atoms with Gasteiger partial charge in [0.25, 0.3) is 0 Å². The molecule has 0 atom stereocenters. The smallest absolute Gasteiger partial charge is 0.142 e. The molecule has 0 N–H and O–H groups in total. The molecule has 4 rings (SSSR count). The predicted molar refractivity (Wildman–Crippen MR) is 130 cm³/mol. The SMILES string of the molecule is c1ccc(CON=C2CCC(=NOCc3ccccc3)C(=NOCc3ccccc3)C2)cc1. The zero-order valence-electron chi connectivity index (χ0n) is 18.5. The molecule has 0 radical (unpaired) electrons. The van der Waals surface area contributed by atoms with Gasteiger partial charge in [-0.3, -0.25) is 0 Å². The van der Waals surface area contributed by atoms with Crippen molar-refractivity contribution in [1.82, 2.24) is 0 Å². The van der Waals surface area contributed by atoms with Crippen LogP contribution in [0.2, 0.25) is 0 Å². The highest BCUT2D eigenvalue weighted by Gasteiger charge is 2.22. The Balaban J connectivity index is 1.39. The average molecular weight is 442 g/mol. The van der Waals surface area contributed by atoms with Crippen molar-refractivity contribution in [3.8, 4) is 0 Å². The summed E-state index contributed by atoms with van der Waals surface area (Å²) < 4.78 is 0. The summed E-state index contributed by atoms with van der Waals surface area (Å²) in [6.07, 6.45) is 1.91. The van der Waals surface area contributed by atoms with Crippen LogP contribution in [0.25, 0.3) is 0 Å². The average Bonchev–Trinajstić information content (AvgIpc) is 2.87. The van der Waals surface area contributed by atoms with E-state index in [9.17, 15) is 0 Å². The summed E-state index contributed by atoms with van der Waals surface area (Å²) in [6.45, 7) is 1.23. The van der Waals surface area contributed by atoms with Crippen LogP contribution < -0.4 is 0 Å². The zero-order valence-corrected chi connectivity index (χ0v) is 18.5. The molecule has 6 nitrogen and oxygen atoms in total. The van der Waals surface area contributed by atoms with Crippen molar-refractivity contribution in [1.29, 1.82) is 0 Å². The van der Waals surface area contributed by atoms with Gasteiger partial charge in [0.2, 0.25) is 0 Å².